The summed E-state index contributed by atoms with van der Waals surface area (Å²) in [6.45, 7) is 13.4. The van der Waals surface area contributed by atoms with Gasteiger partial charge in [0.25, 0.3) is 5.91 Å². The molecule has 5 aliphatic rings. The van der Waals surface area contributed by atoms with Crippen LogP contribution in [-0.4, -0.2) is 130 Å². The van der Waals surface area contributed by atoms with Crippen molar-refractivity contribution in [3.8, 4) is 5.75 Å². The standard InChI is InChI=1S/C50H66ClN5O6S2/c1-5-10-37-27-41(51)16-17-44(37)40-30-56-29-39-14-18-45(39)50(61-4,21-9-11-35(2)36(3)64(59,60)52-49(58)38-15-19-47(62-33-40)46(56)28-38)34-53-22-23-54-24-25-55(32-42(54)31-53)48(57)20-26-63-43-12-7-6-8-13-43/h6-9,12-13,15-17,19,21,27-28,35-36,39-40,42,45H,5,10-11,14,18,20,22-26,29-34H2,1-4H3,(H,52,58)/b21-9+/t35-,36+,39-,40-,42-,45+,50+/m0/s1. The number of nitrogens with zero attached hydrogens (tertiary/aromatic N) is 4. The highest BCUT2D eigenvalue weighted by Crippen LogP contribution is 2.47. The van der Waals surface area contributed by atoms with Gasteiger partial charge in [-0.05, 0) is 104 Å². The lowest BCUT2D eigenvalue weighted by molar-refractivity contribution is -0.136. The molecule has 1 saturated carbocycles. The molecule has 0 unspecified atom stereocenters. The summed E-state index contributed by atoms with van der Waals surface area (Å²) in [5, 5.41) is -0.0995. The number of ether oxygens (including phenoxy) is 2. The number of nitrogens with one attached hydrogen (secondary N) is 1. The van der Waals surface area contributed by atoms with Crippen LogP contribution >= 0.6 is 23.4 Å². The average molecular weight is 933 g/mol. The van der Waals surface area contributed by atoms with Crippen molar-refractivity contribution < 1.29 is 27.5 Å². The Morgan fingerprint density at radius 2 is 1.80 bits per heavy atom. The summed E-state index contributed by atoms with van der Waals surface area (Å²) in [4.78, 5) is 38.0. The number of anilines is 1. The Morgan fingerprint density at radius 1 is 0.984 bits per heavy atom. The number of benzene rings is 3. The second kappa shape index (κ2) is 20.5. The lowest BCUT2D eigenvalue weighted by Gasteiger charge is -2.53. The molecular formula is C50H66ClN5O6S2. The van der Waals surface area contributed by atoms with Crippen molar-refractivity contribution in [2.24, 2.45) is 17.8 Å². The average Bonchev–Trinajstić information content (AvgIpc) is 3.46. The van der Waals surface area contributed by atoms with E-state index in [9.17, 15) is 18.0 Å². The van der Waals surface area contributed by atoms with Gasteiger partial charge < -0.3 is 19.3 Å². The number of halogens is 1. The first-order chi connectivity index (χ1) is 30.9. The molecule has 2 bridgehead atoms. The SMILES string of the molecule is CCCc1cc(Cl)ccc1[C@@H]1COc2ccc3cc2N(C1)C[C@@H]1CC[C@H]1[C@@](CN1CCN2CCN(C(=O)CCSc4ccccc4)C[C@@H]2C1)(OC)/C=C/C[C@H](C)[C@@H](C)S(=O)(=O)NC3=O. The summed E-state index contributed by atoms with van der Waals surface area (Å²) >= 11 is 8.27. The quantitative estimate of drug-likeness (QED) is 0.160. The van der Waals surface area contributed by atoms with Gasteiger partial charge in [0.15, 0.2) is 0 Å². The second-order valence-electron chi connectivity index (χ2n) is 18.8. The van der Waals surface area contributed by atoms with E-state index in [1.54, 1.807) is 24.8 Å². The van der Waals surface area contributed by atoms with Gasteiger partial charge in [-0.2, -0.15) is 0 Å². The van der Waals surface area contributed by atoms with Crippen molar-refractivity contribution in [3.63, 3.8) is 0 Å². The highest BCUT2D eigenvalue weighted by molar-refractivity contribution is 7.99. The maximum atomic E-state index is 13.8. The zero-order valence-electron chi connectivity index (χ0n) is 37.9. The summed E-state index contributed by atoms with van der Waals surface area (Å²) in [5.74, 6) is 1.26. The number of hydrogen-bond donors (Lipinski definition) is 1. The largest absolute Gasteiger partial charge is 0.491 e. The molecule has 3 aromatic rings. The zero-order valence-corrected chi connectivity index (χ0v) is 40.3. The van der Waals surface area contributed by atoms with Gasteiger partial charge >= 0.3 is 0 Å². The van der Waals surface area contributed by atoms with E-state index in [1.807, 2.05) is 50.4 Å². The zero-order chi connectivity index (χ0) is 45.0. The third kappa shape index (κ3) is 10.5. The van der Waals surface area contributed by atoms with Gasteiger partial charge in [-0.3, -0.25) is 19.4 Å². The first-order valence-corrected chi connectivity index (χ1v) is 26.3. The van der Waals surface area contributed by atoms with Crippen LogP contribution in [0, 0.1) is 17.8 Å². The minimum atomic E-state index is -4.00. The van der Waals surface area contributed by atoms with Crippen molar-refractivity contribution >= 4 is 50.9 Å². The fourth-order valence-corrected chi connectivity index (χ4v) is 13.0. The van der Waals surface area contributed by atoms with Crippen LogP contribution < -0.4 is 14.4 Å². The van der Waals surface area contributed by atoms with E-state index in [0.29, 0.717) is 38.3 Å². The van der Waals surface area contributed by atoms with Crippen molar-refractivity contribution in [2.75, 3.05) is 83.3 Å². The normalized spacial score (nSPS) is 29.3. The Hall–Kier alpha value is -3.59. The number of carbonyl (C=O) groups is 2. The fraction of sp³-hybridized carbons (Fsp3) is 0.560. The Kier molecular flexibility index (Phi) is 15.0. The van der Waals surface area contributed by atoms with Crippen LogP contribution in [-0.2, 0) is 26.0 Å². The molecular weight excluding hydrogens is 866 g/mol. The van der Waals surface area contributed by atoms with Crippen molar-refractivity contribution in [1.29, 1.82) is 0 Å². The lowest BCUT2D eigenvalue weighted by Crippen LogP contribution is -2.65. The number of hydrogen-bond acceptors (Lipinski definition) is 10. The molecule has 346 valence electrons. The molecule has 0 radical (unpaired) electrons. The number of rotatable bonds is 10. The van der Waals surface area contributed by atoms with Crippen LogP contribution in [0.1, 0.15) is 80.3 Å². The van der Waals surface area contributed by atoms with Gasteiger partial charge in [-0.15, -0.1) is 11.8 Å². The minimum Gasteiger partial charge on any atom is -0.491 e. The number of aryl methyl sites for hydroxylation is 1. The molecule has 11 nitrogen and oxygen atoms in total. The molecule has 2 amide bonds. The Labute approximate surface area is 390 Å². The topological polar surface area (TPSA) is 112 Å². The van der Waals surface area contributed by atoms with Crippen molar-refractivity contribution in [3.05, 3.63) is 101 Å². The maximum absolute atomic E-state index is 13.8. The molecule has 4 heterocycles. The Bertz CT molecular complexity index is 2270. The summed E-state index contributed by atoms with van der Waals surface area (Å²) in [6.07, 6.45) is 9.32. The first-order valence-electron chi connectivity index (χ1n) is 23.4. The number of fused-ring (bicyclic) bond motifs is 3. The fourth-order valence-electron chi connectivity index (χ4n) is 10.7. The second-order valence-corrected chi connectivity index (χ2v) is 22.4. The Morgan fingerprint density at radius 3 is 2.56 bits per heavy atom. The molecule has 3 aromatic carbocycles. The molecule has 1 N–H and O–H groups in total. The third-order valence-electron chi connectivity index (χ3n) is 14.7. The summed E-state index contributed by atoms with van der Waals surface area (Å²) < 4.78 is 43.3. The molecule has 7 atom stereocenters. The van der Waals surface area contributed by atoms with Gasteiger partial charge in [-0.1, -0.05) is 68.3 Å². The van der Waals surface area contributed by atoms with Crippen LogP contribution in [0.3, 0.4) is 0 Å². The van der Waals surface area contributed by atoms with Crippen LogP contribution in [0.5, 0.6) is 5.75 Å². The number of piperazine rings is 2. The maximum Gasteiger partial charge on any atom is 0.264 e. The molecule has 64 heavy (non-hydrogen) atoms. The van der Waals surface area contributed by atoms with E-state index >= 15 is 0 Å². The monoisotopic (exact) mass is 931 g/mol. The molecule has 2 saturated heterocycles. The van der Waals surface area contributed by atoms with Gasteiger partial charge in [0.05, 0.1) is 17.5 Å². The van der Waals surface area contributed by atoms with Crippen LogP contribution in [0.4, 0.5) is 5.69 Å². The van der Waals surface area contributed by atoms with Gasteiger partial charge in [0.1, 0.15) is 11.4 Å². The van der Waals surface area contributed by atoms with Gasteiger partial charge in [-0.25, -0.2) is 13.1 Å². The van der Waals surface area contributed by atoms with E-state index in [4.69, 9.17) is 21.1 Å². The van der Waals surface area contributed by atoms with Gasteiger partial charge in [0.2, 0.25) is 15.9 Å². The smallest absolute Gasteiger partial charge is 0.264 e. The number of amides is 2. The Balaban J connectivity index is 1.07. The van der Waals surface area contributed by atoms with E-state index in [0.717, 1.165) is 88.0 Å². The summed E-state index contributed by atoms with van der Waals surface area (Å²) in [7, 11) is -2.17. The van der Waals surface area contributed by atoms with Crippen molar-refractivity contribution in [1.82, 2.24) is 19.4 Å². The molecule has 1 aliphatic carbocycles. The highest BCUT2D eigenvalue weighted by Gasteiger charge is 2.49. The van der Waals surface area contributed by atoms with Crippen molar-refractivity contribution in [2.45, 2.75) is 87.0 Å². The number of methoxy groups -OCH3 is 1. The molecule has 4 aliphatic heterocycles. The summed E-state index contributed by atoms with van der Waals surface area (Å²) in [5.41, 5.74) is 2.88. The molecule has 14 heteroatoms. The van der Waals surface area contributed by atoms with Gasteiger partial charge in [0, 0.05) is 106 Å². The van der Waals surface area contributed by atoms with E-state index in [1.165, 1.54) is 16.0 Å². The van der Waals surface area contributed by atoms with E-state index in [-0.39, 0.29) is 41.2 Å². The molecule has 0 spiro atoms. The lowest BCUT2D eigenvalue weighted by atomic mass is 9.63. The predicted molar refractivity (Wildman–Crippen MR) is 257 cm³/mol. The van der Waals surface area contributed by atoms with Crippen LogP contribution in [0.2, 0.25) is 5.02 Å². The number of sulfonamides is 1. The number of allylic oxidation sites excluding steroid dienone is 1. The predicted octanol–water partition coefficient (Wildman–Crippen LogP) is 7.74. The highest BCUT2D eigenvalue weighted by atomic mass is 35.5. The molecule has 3 fully saturated rings. The third-order valence-corrected chi connectivity index (χ3v) is 17.9. The number of carbonyl (C=O) groups excluding carboxylic acids is 2. The molecule has 0 aromatic heterocycles. The summed E-state index contributed by atoms with van der Waals surface area (Å²) in [6, 6.07) is 22.0. The number of thioether (sulfide) groups is 1. The first kappa shape index (κ1) is 46.9. The van der Waals surface area contributed by atoms with E-state index in [2.05, 4.69) is 67.7 Å². The van der Waals surface area contributed by atoms with Crippen LogP contribution in [0.15, 0.2) is 83.8 Å². The van der Waals surface area contributed by atoms with E-state index < -0.39 is 26.8 Å². The van der Waals surface area contributed by atoms with Crippen LogP contribution in [0.25, 0.3) is 0 Å². The minimum absolute atomic E-state index is 0.0308. The molecule has 8 rings (SSSR count).